The molecule has 0 aliphatic rings. The summed E-state index contributed by atoms with van der Waals surface area (Å²) >= 11 is 5.23. The Hall–Kier alpha value is -2.27. The molecule has 4 nitrogen and oxygen atoms in total. The third kappa shape index (κ3) is 1.96. The van der Waals surface area contributed by atoms with Crippen LogP contribution in [-0.2, 0) is 0 Å². The number of hydrogen-bond donors (Lipinski definition) is 0. The fourth-order valence-corrected chi connectivity index (χ4v) is 2.47. The van der Waals surface area contributed by atoms with E-state index >= 15 is 0 Å². The Bertz CT molecular complexity index is 876. The zero-order valence-electron chi connectivity index (χ0n) is 11.2. The van der Waals surface area contributed by atoms with Crippen molar-refractivity contribution in [2.45, 2.75) is 13.8 Å². The standard InChI is InChI=1S/C15H13N3OS/c1-10-5-3-7-12(9-10)14(19)18-15(20)16-13-11(2)6-4-8-17(13)18/h3-9H,1-2H3. The van der Waals surface area contributed by atoms with Crippen LogP contribution in [0.5, 0.6) is 0 Å². The molecule has 20 heavy (non-hydrogen) atoms. The van der Waals surface area contributed by atoms with Gasteiger partial charge in [0.15, 0.2) is 5.65 Å². The number of hydrogen-bond acceptors (Lipinski definition) is 3. The third-order valence-electron chi connectivity index (χ3n) is 3.20. The molecule has 0 saturated heterocycles. The molecule has 0 saturated carbocycles. The number of pyridine rings is 1. The number of carbonyl (C=O) groups excluding carboxylic acids is 1. The average molecular weight is 283 g/mol. The molecule has 0 atom stereocenters. The van der Waals surface area contributed by atoms with Gasteiger partial charge in [0.25, 0.3) is 5.91 Å². The van der Waals surface area contributed by atoms with Crippen LogP contribution in [0.15, 0.2) is 42.6 Å². The van der Waals surface area contributed by atoms with Crippen molar-refractivity contribution in [1.29, 1.82) is 0 Å². The van der Waals surface area contributed by atoms with E-state index in [9.17, 15) is 4.79 Å². The van der Waals surface area contributed by atoms with Crippen molar-refractivity contribution in [2.75, 3.05) is 0 Å². The molecular weight excluding hydrogens is 270 g/mol. The molecule has 0 radical (unpaired) electrons. The molecule has 0 fully saturated rings. The fraction of sp³-hybridized carbons (Fsp3) is 0.133. The van der Waals surface area contributed by atoms with Crippen LogP contribution in [0.4, 0.5) is 0 Å². The summed E-state index contributed by atoms with van der Waals surface area (Å²) in [6, 6.07) is 11.3. The minimum atomic E-state index is -0.170. The largest absolute Gasteiger partial charge is 0.279 e. The van der Waals surface area contributed by atoms with Crippen molar-refractivity contribution in [3.05, 3.63) is 64.1 Å². The number of fused-ring (bicyclic) bond motifs is 1. The summed E-state index contributed by atoms with van der Waals surface area (Å²) in [7, 11) is 0. The van der Waals surface area contributed by atoms with E-state index in [0.29, 0.717) is 11.2 Å². The third-order valence-corrected chi connectivity index (χ3v) is 3.46. The van der Waals surface area contributed by atoms with Crippen LogP contribution in [0, 0.1) is 18.6 Å². The Morgan fingerprint density at radius 2 is 2.00 bits per heavy atom. The minimum Gasteiger partial charge on any atom is -0.267 e. The van der Waals surface area contributed by atoms with Gasteiger partial charge in [-0.3, -0.25) is 4.79 Å². The first kappa shape index (κ1) is 12.7. The first-order valence-electron chi connectivity index (χ1n) is 6.26. The maximum absolute atomic E-state index is 12.6. The second-order valence-corrected chi connectivity index (χ2v) is 5.11. The maximum atomic E-state index is 12.6. The topological polar surface area (TPSA) is 39.3 Å². The van der Waals surface area contributed by atoms with E-state index in [2.05, 4.69) is 4.98 Å². The van der Waals surface area contributed by atoms with Crippen molar-refractivity contribution in [3.63, 3.8) is 0 Å². The van der Waals surface area contributed by atoms with Gasteiger partial charge in [0.2, 0.25) is 4.77 Å². The smallest absolute Gasteiger partial charge is 0.267 e. The predicted molar refractivity (Wildman–Crippen MR) is 79.7 cm³/mol. The van der Waals surface area contributed by atoms with Crippen LogP contribution < -0.4 is 0 Å². The Labute approximate surface area is 121 Å². The molecule has 3 rings (SSSR count). The molecule has 5 heteroatoms. The fourth-order valence-electron chi connectivity index (χ4n) is 2.21. The Kier molecular flexibility index (Phi) is 2.99. The normalized spacial score (nSPS) is 10.9. The van der Waals surface area contributed by atoms with E-state index in [0.717, 1.165) is 11.1 Å². The zero-order chi connectivity index (χ0) is 14.3. The molecule has 100 valence electrons. The number of aryl methyl sites for hydroxylation is 2. The number of rotatable bonds is 1. The van der Waals surface area contributed by atoms with Gasteiger partial charge in [0.1, 0.15) is 0 Å². The highest BCUT2D eigenvalue weighted by Crippen LogP contribution is 2.12. The Balaban J connectivity index is 2.25. The van der Waals surface area contributed by atoms with E-state index in [-0.39, 0.29) is 10.7 Å². The zero-order valence-corrected chi connectivity index (χ0v) is 12.0. The van der Waals surface area contributed by atoms with Gasteiger partial charge in [0, 0.05) is 11.8 Å². The van der Waals surface area contributed by atoms with E-state index < -0.39 is 0 Å². The lowest BCUT2D eigenvalue weighted by molar-refractivity contribution is 0.0938. The van der Waals surface area contributed by atoms with Crippen molar-refractivity contribution in [1.82, 2.24) is 14.2 Å². The highest BCUT2D eigenvalue weighted by molar-refractivity contribution is 7.71. The monoisotopic (exact) mass is 283 g/mol. The maximum Gasteiger partial charge on any atom is 0.279 e. The molecule has 0 unspecified atom stereocenters. The summed E-state index contributed by atoms with van der Waals surface area (Å²) in [5.74, 6) is -0.170. The molecule has 0 spiro atoms. The molecule has 3 aromatic rings. The van der Waals surface area contributed by atoms with Crippen LogP contribution in [0.3, 0.4) is 0 Å². The van der Waals surface area contributed by atoms with Gasteiger partial charge in [-0.25, -0.2) is 4.52 Å². The van der Waals surface area contributed by atoms with Gasteiger partial charge in [0.05, 0.1) is 0 Å². The first-order chi connectivity index (χ1) is 9.58. The Morgan fingerprint density at radius 3 is 2.75 bits per heavy atom. The highest BCUT2D eigenvalue weighted by atomic mass is 32.1. The number of carbonyl (C=O) groups is 1. The Morgan fingerprint density at radius 1 is 1.20 bits per heavy atom. The molecule has 2 aromatic heterocycles. The van der Waals surface area contributed by atoms with Gasteiger partial charge in [-0.1, -0.05) is 23.8 Å². The molecule has 1 aromatic carbocycles. The lowest BCUT2D eigenvalue weighted by Crippen LogP contribution is -2.17. The molecule has 2 heterocycles. The SMILES string of the molecule is Cc1cccc(C(=O)n2c(=S)nc3c(C)cccn32)c1. The summed E-state index contributed by atoms with van der Waals surface area (Å²) in [4.78, 5) is 16.9. The summed E-state index contributed by atoms with van der Waals surface area (Å²) in [5, 5.41) is 0. The number of aromatic nitrogens is 3. The van der Waals surface area contributed by atoms with E-state index in [1.165, 1.54) is 4.68 Å². The highest BCUT2D eigenvalue weighted by Gasteiger charge is 2.15. The van der Waals surface area contributed by atoms with Crippen molar-refractivity contribution >= 4 is 23.8 Å². The van der Waals surface area contributed by atoms with Crippen LogP contribution in [-0.4, -0.2) is 20.1 Å². The molecule has 0 bridgehead atoms. The molecule has 0 N–H and O–H groups in total. The summed E-state index contributed by atoms with van der Waals surface area (Å²) in [6.45, 7) is 3.90. The summed E-state index contributed by atoms with van der Waals surface area (Å²) in [6.07, 6.45) is 1.79. The van der Waals surface area contributed by atoms with E-state index in [1.807, 2.05) is 44.2 Å². The second-order valence-electron chi connectivity index (χ2n) is 4.74. The first-order valence-corrected chi connectivity index (χ1v) is 6.67. The molecule has 0 aliphatic carbocycles. The molecule has 0 aliphatic heterocycles. The molecular formula is C15H13N3OS. The van der Waals surface area contributed by atoms with Crippen molar-refractivity contribution in [2.24, 2.45) is 0 Å². The van der Waals surface area contributed by atoms with Gasteiger partial charge >= 0.3 is 0 Å². The minimum absolute atomic E-state index is 0.170. The lowest BCUT2D eigenvalue weighted by Gasteiger charge is -2.06. The van der Waals surface area contributed by atoms with Gasteiger partial charge in [-0.2, -0.15) is 9.67 Å². The number of benzene rings is 1. The van der Waals surface area contributed by atoms with Gasteiger partial charge in [-0.15, -0.1) is 0 Å². The average Bonchev–Trinajstić information content (AvgIpc) is 2.76. The van der Waals surface area contributed by atoms with Crippen LogP contribution in [0.2, 0.25) is 0 Å². The van der Waals surface area contributed by atoms with E-state index in [4.69, 9.17) is 12.2 Å². The second kappa shape index (κ2) is 4.68. The van der Waals surface area contributed by atoms with Crippen molar-refractivity contribution in [3.8, 4) is 0 Å². The van der Waals surface area contributed by atoms with Crippen LogP contribution in [0.1, 0.15) is 21.5 Å². The lowest BCUT2D eigenvalue weighted by atomic mass is 10.1. The van der Waals surface area contributed by atoms with Crippen LogP contribution in [0.25, 0.3) is 5.65 Å². The van der Waals surface area contributed by atoms with Crippen LogP contribution >= 0.6 is 12.2 Å². The van der Waals surface area contributed by atoms with Gasteiger partial charge < -0.3 is 0 Å². The quantitative estimate of drug-likeness (QED) is 0.644. The van der Waals surface area contributed by atoms with Crippen molar-refractivity contribution < 1.29 is 4.79 Å². The van der Waals surface area contributed by atoms with E-state index in [1.54, 1.807) is 16.8 Å². The van der Waals surface area contributed by atoms with Gasteiger partial charge in [-0.05, 0) is 49.8 Å². The number of nitrogens with zero attached hydrogens (tertiary/aromatic N) is 3. The predicted octanol–water partition coefficient (Wildman–Crippen LogP) is 3.17. The summed E-state index contributed by atoms with van der Waals surface area (Å²) in [5.41, 5.74) is 3.32. The molecule has 0 amide bonds. The summed E-state index contributed by atoms with van der Waals surface area (Å²) < 4.78 is 3.39.